The summed E-state index contributed by atoms with van der Waals surface area (Å²) in [6.45, 7) is 2.69. The van der Waals surface area contributed by atoms with E-state index in [1.807, 2.05) is 29.2 Å². The van der Waals surface area contributed by atoms with Crippen LogP contribution in [-0.2, 0) is 9.53 Å². The second-order valence-corrected chi connectivity index (χ2v) is 7.06. The average Bonchev–Trinajstić information content (AvgIpc) is 3.08. The topological polar surface area (TPSA) is 77.5 Å². The maximum atomic E-state index is 13.1. The molecular formula is C23H28N2O6. The third-order valence-electron chi connectivity index (χ3n) is 5.20. The number of methoxy groups -OCH3 is 3. The quantitative estimate of drug-likeness (QED) is 0.628. The van der Waals surface area contributed by atoms with Crippen molar-refractivity contribution >= 4 is 17.6 Å². The third-order valence-corrected chi connectivity index (χ3v) is 5.20. The number of esters is 1. The highest BCUT2D eigenvalue weighted by molar-refractivity contribution is 5.95. The van der Waals surface area contributed by atoms with Gasteiger partial charge in [-0.2, -0.15) is 0 Å². The number of anilines is 1. The highest BCUT2D eigenvalue weighted by atomic mass is 16.6. The molecule has 2 aromatic carbocycles. The Hall–Kier alpha value is -3.42. The Morgan fingerprint density at radius 1 is 0.871 bits per heavy atom. The number of hydrogen-bond donors (Lipinski definition) is 0. The summed E-state index contributed by atoms with van der Waals surface area (Å²) >= 11 is 0. The lowest BCUT2D eigenvalue weighted by atomic mass is 10.1. The van der Waals surface area contributed by atoms with E-state index in [0.29, 0.717) is 30.2 Å². The fourth-order valence-electron chi connectivity index (χ4n) is 3.47. The van der Waals surface area contributed by atoms with Crippen LogP contribution in [0.15, 0.2) is 42.5 Å². The molecule has 1 amide bonds. The molecule has 0 spiro atoms. The first-order valence-electron chi connectivity index (χ1n) is 10.1. The van der Waals surface area contributed by atoms with Gasteiger partial charge in [-0.1, -0.05) is 0 Å². The van der Waals surface area contributed by atoms with Crippen molar-refractivity contribution in [1.82, 2.24) is 4.90 Å². The summed E-state index contributed by atoms with van der Waals surface area (Å²) in [6.07, 6.45) is 0.870. The van der Waals surface area contributed by atoms with Crippen molar-refractivity contribution < 1.29 is 28.5 Å². The molecule has 8 heteroatoms. The molecule has 8 nitrogen and oxygen atoms in total. The maximum Gasteiger partial charge on any atom is 0.343 e. The molecule has 0 bridgehead atoms. The lowest BCUT2D eigenvalue weighted by Crippen LogP contribution is -2.35. The summed E-state index contributed by atoms with van der Waals surface area (Å²) < 4.78 is 20.6. The molecule has 0 N–H and O–H groups in total. The number of carbonyl (C=O) groups is 2. The molecule has 0 atom stereocenters. The molecule has 166 valence electrons. The van der Waals surface area contributed by atoms with Gasteiger partial charge in [0.05, 0.1) is 21.3 Å². The lowest BCUT2D eigenvalue weighted by Gasteiger charge is -2.24. The summed E-state index contributed by atoms with van der Waals surface area (Å²) in [5, 5.41) is 0. The van der Waals surface area contributed by atoms with E-state index in [0.717, 1.165) is 30.9 Å². The smallest absolute Gasteiger partial charge is 0.343 e. The Kier molecular flexibility index (Phi) is 7.59. The zero-order chi connectivity index (χ0) is 22.2. The SMILES string of the molecule is COC(=O)COc1ccc(C(=O)N2CCCN(c3ccc(OC)cc3)CC2)cc1OC. The van der Waals surface area contributed by atoms with Crippen LogP contribution >= 0.6 is 0 Å². The van der Waals surface area contributed by atoms with E-state index in [-0.39, 0.29) is 12.5 Å². The second kappa shape index (κ2) is 10.6. The van der Waals surface area contributed by atoms with Gasteiger partial charge in [-0.05, 0) is 48.9 Å². The van der Waals surface area contributed by atoms with E-state index >= 15 is 0 Å². The number of hydrogen-bond acceptors (Lipinski definition) is 7. The van der Waals surface area contributed by atoms with Gasteiger partial charge >= 0.3 is 5.97 Å². The molecule has 0 aliphatic carbocycles. The van der Waals surface area contributed by atoms with Crippen molar-refractivity contribution in [3.05, 3.63) is 48.0 Å². The van der Waals surface area contributed by atoms with Gasteiger partial charge in [0.25, 0.3) is 5.91 Å². The number of carbonyl (C=O) groups excluding carboxylic acids is 2. The van der Waals surface area contributed by atoms with Gasteiger partial charge in [-0.3, -0.25) is 4.79 Å². The minimum Gasteiger partial charge on any atom is -0.497 e. The Balaban J connectivity index is 1.66. The molecule has 0 radical (unpaired) electrons. The van der Waals surface area contributed by atoms with Crippen LogP contribution in [0, 0.1) is 0 Å². The minimum absolute atomic E-state index is 0.0607. The van der Waals surface area contributed by atoms with Crippen molar-refractivity contribution in [2.24, 2.45) is 0 Å². The summed E-state index contributed by atoms with van der Waals surface area (Å²) in [5.41, 5.74) is 1.63. The number of benzene rings is 2. The van der Waals surface area contributed by atoms with E-state index in [4.69, 9.17) is 14.2 Å². The van der Waals surface area contributed by atoms with Crippen LogP contribution in [-0.4, -0.2) is 70.9 Å². The van der Waals surface area contributed by atoms with Gasteiger partial charge in [0.15, 0.2) is 18.1 Å². The van der Waals surface area contributed by atoms with E-state index in [1.165, 1.54) is 14.2 Å². The van der Waals surface area contributed by atoms with Crippen LogP contribution in [0.5, 0.6) is 17.2 Å². The van der Waals surface area contributed by atoms with E-state index in [9.17, 15) is 9.59 Å². The Labute approximate surface area is 182 Å². The predicted molar refractivity (Wildman–Crippen MR) is 116 cm³/mol. The van der Waals surface area contributed by atoms with Gasteiger partial charge in [-0.15, -0.1) is 0 Å². The minimum atomic E-state index is -0.492. The van der Waals surface area contributed by atoms with Crippen LogP contribution < -0.4 is 19.1 Å². The Bertz CT molecular complexity index is 899. The molecule has 0 unspecified atom stereocenters. The Morgan fingerprint density at radius 3 is 2.32 bits per heavy atom. The number of rotatable bonds is 7. The lowest BCUT2D eigenvalue weighted by molar-refractivity contribution is -0.142. The third kappa shape index (κ3) is 5.59. The van der Waals surface area contributed by atoms with Crippen LogP contribution in [0.1, 0.15) is 16.8 Å². The van der Waals surface area contributed by atoms with Gasteiger partial charge < -0.3 is 28.7 Å². The molecule has 0 aromatic heterocycles. The van der Waals surface area contributed by atoms with Gasteiger partial charge in [0, 0.05) is 37.4 Å². The predicted octanol–water partition coefficient (Wildman–Crippen LogP) is 2.61. The molecule has 3 rings (SSSR count). The average molecular weight is 428 g/mol. The summed E-state index contributed by atoms with van der Waals surface area (Å²) in [6, 6.07) is 12.9. The van der Waals surface area contributed by atoms with E-state index in [1.54, 1.807) is 25.3 Å². The molecular weight excluding hydrogens is 400 g/mol. The monoisotopic (exact) mass is 428 g/mol. The van der Waals surface area contributed by atoms with Crippen molar-refractivity contribution in [3.63, 3.8) is 0 Å². The number of nitrogens with zero attached hydrogens (tertiary/aromatic N) is 2. The van der Waals surface area contributed by atoms with E-state index < -0.39 is 5.97 Å². The maximum absolute atomic E-state index is 13.1. The summed E-state index contributed by atoms with van der Waals surface area (Å²) in [7, 11) is 4.44. The molecule has 1 fully saturated rings. The first kappa shape index (κ1) is 22.3. The summed E-state index contributed by atoms with van der Waals surface area (Å²) in [5.74, 6) is 1.04. The van der Waals surface area contributed by atoms with Gasteiger partial charge in [-0.25, -0.2) is 4.79 Å². The second-order valence-electron chi connectivity index (χ2n) is 7.06. The Morgan fingerprint density at radius 2 is 1.65 bits per heavy atom. The van der Waals surface area contributed by atoms with Crippen LogP contribution in [0.3, 0.4) is 0 Å². The van der Waals surface area contributed by atoms with Crippen molar-refractivity contribution in [2.45, 2.75) is 6.42 Å². The van der Waals surface area contributed by atoms with Crippen molar-refractivity contribution in [1.29, 1.82) is 0 Å². The van der Waals surface area contributed by atoms with Gasteiger partial charge in [0.1, 0.15) is 5.75 Å². The number of ether oxygens (including phenoxy) is 4. The first-order chi connectivity index (χ1) is 15.0. The van der Waals surface area contributed by atoms with Gasteiger partial charge in [0.2, 0.25) is 0 Å². The summed E-state index contributed by atoms with van der Waals surface area (Å²) in [4.78, 5) is 28.5. The zero-order valence-corrected chi connectivity index (χ0v) is 18.1. The molecule has 0 saturated carbocycles. The van der Waals surface area contributed by atoms with E-state index in [2.05, 4.69) is 9.64 Å². The zero-order valence-electron chi connectivity index (χ0n) is 18.1. The first-order valence-corrected chi connectivity index (χ1v) is 10.1. The molecule has 1 saturated heterocycles. The molecule has 1 heterocycles. The standard InChI is InChI=1S/C23H28N2O6/c1-28-19-8-6-18(7-9-19)24-11-4-12-25(14-13-24)23(27)17-5-10-20(21(15-17)29-2)31-16-22(26)30-3/h5-10,15H,4,11-14,16H2,1-3H3. The molecule has 2 aromatic rings. The van der Waals surface area contributed by atoms with Crippen LogP contribution in [0.4, 0.5) is 5.69 Å². The molecule has 1 aliphatic rings. The van der Waals surface area contributed by atoms with Crippen molar-refractivity contribution in [3.8, 4) is 17.2 Å². The fourth-order valence-corrected chi connectivity index (χ4v) is 3.47. The van der Waals surface area contributed by atoms with Crippen molar-refractivity contribution in [2.75, 3.05) is 59.0 Å². The van der Waals surface area contributed by atoms with Crippen LogP contribution in [0.2, 0.25) is 0 Å². The highest BCUT2D eigenvalue weighted by Crippen LogP contribution is 2.29. The molecule has 31 heavy (non-hydrogen) atoms. The molecule has 1 aliphatic heterocycles. The number of amides is 1. The van der Waals surface area contributed by atoms with Crippen LogP contribution in [0.25, 0.3) is 0 Å². The largest absolute Gasteiger partial charge is 0.497 e. The highest BCUT2D eigenvalue weighted by Gasteiger charge is 2.22. The normalized spacial score (nSPS) is 13.9. The fraction of sp³-hybridized carbons (Fsp3) is 0.391.